The summed E-state index contributed by atoms with van der Waals surface area (Å²) in [4.78, 5) is 11.5. The van der Waals surface area contributed by atoms with E-state index in [1.165, 1.54) is 37.4 Å². The van der Waals surface area contributed by atoms with E-state index in [1.54, 1.807) is 18.2 Å². The van der Waals surface area contributed by atoms with Crippen LogP contribution in [0.4, 0.5) is 5.69 Å². The van der Waals surface area contributed by atoms with Gasteiger partial charge in [-0.2, -0.15) is 5.26 Å². The van der Waals surface area contributed by atoms with Crippen LogP contribution in [-0.4, -0.2) is 21.5 Å². The van der Waals surface area contributed by atoms with Crippen molar-refractivity contribution in [3.05, 3.63) is 59.7 Å². The van der Waals surface area contributed by atoms with Gasteiger partial charge in [-0.1, -0.05) is 24.3 Å². The molecular formula is C15H12N2O4S. The van der Waals surface area contributed by atoms with Crippen molar-refractivity contribution in [3.63, 3.8) is 0 Å². The number of rotatable bonds is 4. The molecular weight excluding hydrogens is 304 g/mol. The Hall–Kier alpha value is -2.85. The largest absolute Gasteiger partial charge is 0.465 e. The van der Waals surface area contributed by atoms with Gasteiger partial charge in [0, 0.05) is 0 Å². The molecule has 0 bridgehead atoms. The van der Waals surface area contributed by atoms with Crippen molar-refractivity contribution in [2.24, 2.45) is 0 Å². The molecule has 1 N–H and O–H groups in total. The zero-order valence-electron chi connectivity index (χ0n) is 11.6. The Labute approximate surface area is 128 Å². The number of methoxy groups -OCH3 is 1. The number of anilines is 1. The van der Waals surface area contributed by atoms with Crippen molar-refractivity contribution in [2.45, 2.75) is 4.90 Å². The molecule has 0 aliphatic rings. The highest BCUT2D eigenvalue weighted by molar-refractivity contribution is 7.92. The van der Waals surface area contributed by atoms with Crippen molar-refractivity contribution in [1.82, 2.24) is 0 Å². The first-order valence-corrected chi connectivity index (χ1v) is 7.67. The van der Waals surface area contributed by atoms with Crippen LogP contribution in [0.5, 0.6) is 0 Å². The van der Waals surface area contributed by atoms with Crippen LogP contribution in [0.3, 0.4) is 0 Å². The van der Waals surface area contributed by atoms with Crippen molar-refractivity contribution in [2.75, 3.05) is 11.8 Å². The summed E-state index contributed by atoms with van der Waals surface area (Å²) in [6.45, 7) is 0. The Kier molecular flexibility index (Phi) is 4.44. The number of para-hydroxylation sites is 1. The van der Waals surface area contributed by atoms with Gasteiger partial charge in [0.2, 0.25) is 0 Å². The second kappa shape index (κ2) is 6.28. The Morgan fingerprint density at radius 3 is 2.45 bits per heavy atom. The number of carbonyl (C=O) groups excluding carboxylic acids is 1. The minimum atomic E-state index is -4.00. The van der Waals surface area contributed by atoms with Crippen molar-refractivity contribution in [3.8, 4) is 6.07 Å². The number of hydrogen-bond donors (Lipinski definition) is 1. The lowest BCUT2D eigenvalue weighted by Gasteiger charge is -2.12. The van der Waals surface area contributed by atoms with Crippen LogP contribution in [0.25, 0.3) is 0 Å². The lowest BCUT2D eigenvalue weighted by Crippen LogP contribution is -2.17. The number of nitrogens with zero attached hydrogens (tertiary/aromatic N) is 1. The Balaban J connectivity index is 2.47. The maximum absolute atomic E-state index is 12.4. The van der Waals surface area contributed by atoms with Gasteiger partial charge in [0.15, 0.2) is 0 Å². The molecule has 0 amide bonds. The van der Waals surface area contributed by atoms with E-state index in [-0.39, 0.29) is 21.7 Å². The van der Waals surface area contributed by atoms with Gasteiger partial charge in [-0.3, -0.25) is 4.72 Å². The first kappa shape index (κ1) is 15.5. The number of benzene rings is 2. The fourth-order valence-electron chi connectivity index (χ4n) is 1.85. The summed E-state index contributed by atoms with van der Waals surface area (Å²) in [7, 11) is -2.79. The van der Waals surface area contributed by atoms with Gasteiger partial charge in [0.05, 0.1) is 23.9 Å². The maximum atomic E-state index is 12.4. The molecule has 0 fully saturated rings. The van der Waals surface area contributed by atoms with Gasteiger partial charge < -0.3 is 4.74 Å². The quantitative estimate of drug-likeness (QED) is 0.872. The third-order valence-electron chi connectivity index (χ3n) is 2.87. The lowest BCUT2D eigenvalue weighted by molar-refractivity contribution is 0.0602. The van der Waals surface area contributed by atoms with Crippen LogP contribution >= 0.6 is 0 Å². The topological polar surface area (TPSA) is 96.3 Å². The molecule has 2 aromatic carbocycles. The third-order valence-corrected chi connectivity index (χ3v) is 4.30. The number of carbonyl (C=O) groups is 1. The summed E-state index contributed by atoms with van der Waals surface area (Å²) in [5.41, 5.74) is 0.190. The molecule has 7 heteroatoms. The maximum Gasteiger partial charge on any atom is 0.339 e. The molecule has 0 heterocycles. The summed E-state index contributed by atoms with van der Waals surface area (Å²) in [5.74, 6) is -0.660. The molecule has 0 aromatic heterocycles. The molecule has 0 unspecified atom stereocenters. The standard InChI is InChI=1S/C15H12N2O4S/c1-21-15(18)12-7-3-4-8-13(12)17-22(19,20)14-9-5-2-6-11(14)10-16/h2-9,17H,1H3. The highest BCUT2D eigenvalue weighted by Crippen LogP contribution is 2.22. The van der Waals surface area contributed by atoms with Crippen molar-refractivity contribution in [1.29, 1.82) is 5.26 Å². The molecule has 0 atom stereocenters. The van der Waals surface area contributed by atoms with Gasteiger partial charge in [-0.25, -0.2) is 13.2 Å². The number of esters is 1. The van der Waals surface area contributed by atoms with Crippen LogP contribution in [0.2, 0.25) is 0 Å². The minimum Gasteiger partial charge on any atom is -0.465 e. The molecule has 0 aliphatic carbocycles. The first-order valence-electron chi connectivity index (χ1n) is 6.19. The minimum absolute atomic E-state index is 0.0190. The second-order valence-corrected chi connectivity index (χ2v) is 5.90. The van der Waals surface area contributed by atoms with Crippen LogP contribution in [0.15, 0.2) is 53.4 Å². The molecule has 0 aliphatic heterocycles. The molecule has 6 nitrogen and oxygen atoms in total. The van der Waals surface area contributed by atoms with E-state index >= 15 is 0 Å². The number of nitriles is 1. The average molecular weight is 316 g/mol. The van der Waals surface area contributed by atoms with Gasteiger partial charge in [0.1, 0.15) is 11.0 Å². The number of nitrogens with one attached hydrogen (secondary N) is 1. The summed E-state index contributed by atoms with van der Waals surface area (Å²) in [6, 6.07) is 13.7. The second-order valence-electron chi connectivity index (χ2n) is 4.25. The highest BCUT2D eigenvalue weighted by Gasteiger charge is 2.21. The zero-order valence-corrected chi connectivity index (χ0v) is 12.4. The summed E-state index contributed by atoms with van der Waals surface area (Å²) < 4.78 is 31.8. The average Bonchev–Trinajstić information content (AvgIpc) is 2.54. The SMILES string of the molecule is COC(=O)c1ccccc1NS(=O)(=O)c1ccccc1C#N. The molecule has 2 aromatic rings. The van der Waals surface area contributed by atoms with E-state index in [2.05, 4.69) is 9.46 Å². The monoisotopic (exact) mass is 316 g/mol. The van der Waals surface area contributed by atoms with Crippen LogP contribution in [0.1, 0.15) is 15.9 Å². The highest BCUT2D eigenvalue weighted by atomic mass is 32.2. The Morgan fingerprint density at radius 1 is 1.14 bits per heavy atom. The fourth-order valence-corrected chi connectivity index (χ4v) is 3.09. The molecule has 0 radical (unpaired) electrons. The van der Waals surface area contributed by atoms with E-state index in [0.717, 1.165) is 0 Å². The Bertz CT molecular complexity index is 854. The van der Waals surface area contributed by atoms with Crippen LogP contribution in [-0.2, 0) is 14.8 Å². The lowest BCUT2D eigenvalue weighted by atomic mass is 10.2. The molecule has 0 saturated heterocycles. The molecule has 0 spiro atoms. The van der Waals surface area contributed by atoms with E-state index in [0.29, 0.717) is 0 Å². The van der Waals surface area contributed by atoms with Gasteiger partial charge in [0.25, 0.3) is 10.0 Å². The van der Waals surface area contributed by atoms with E-state index in [1.807, 2.05) is 6.07 Å². The Morgan fingerprint density at radius 2 is 1.77 bits per heavy atom. The van der Waals surface area contributed by atoms with Crippen LogP contribution in [0, 0.1) is 11.3 Å². The van der Waals surface area contributed by atoms with Gasteiger partial charge in [-0.05, 0) is 24.3 Å². The predicted molar refractivity (Wildman–Crippen MR) is 79.7 cm³/mol. The number of ether oxygens (including phenoxy) is 1. The molecule has 112 valence electrons. The normalized spacial score (nSPS) is 10.5. The van der Waals surface area contributed by atoms with E-state index in [4.69, 9.17) is 5.26 Å². The predicted octanol–water partition coefficient (Wildman–Crippen LogP) is 2.15. The van der Waals surface area contributed by atoms with Crippen molar-refractivity contribution >= 4 is 21.7 Å². The summed E-state index contributed by atoms with van der Waals surface area (Å²) >= 11 is 0. The van der Waals surface area contributed by atoms with Gasteiger partial charge >= 0.3 is 5.97 Å². The van der Waals surface area contributed by atoms with Crippen molar-refractivity contribution < 1.29 is 17.9 Å². The molecule has 2 rings (SSSR count). The number of sulfonamides is 1. The number of hydrogen-bond acceptors (Lipinski definition) is 5. The van der Waals surface area contributed by atoms with Gasteiger partial charge in [-0.15, -0.1) is 0 Å². The molecule has 22 heavy (non-hydrogen) atoms. The van der Waals surface area contributed by atoms with E-state index in [9.17, 15) is 13.2 Å². The summed E-state index contributed by atoms with van der Waals surface area (Å²) in [5, 5.41) is 9.01. The third kappa shape index (κ3) is 3.07. The summed E-state index contributed by atoms with van der Waals surface area (Å²) in [6.07, 6.45) is 0. The fraction of sp³-hybridized carbons (Fsp3) is 0.0667. The zero-order chi connectivity index (χ0) is 16.2. The van der Waals surface area contributed by atoms with Crippen LogP contribution < -0.4 is 4.72 Å². The van der Waals surface area contributed by atoms with E-state index < -0.39 is 16.0 Å². The first-order chi connectivity index (χ1) is 10.5. The molecule has 0 saturated carbocycles. The smallest absolute Gasteiger partial charge is 0.339 e.